The summed E-state index contributed by atoms with van der Waals surface area (Å²) in [7, 11) is 0. The zero-order chi connectivity index (χ0) is 25.2. The fourth-order valence-electron chi connectivity index (χ4n) is 4.12. The number of anilines is 1. The third kappa shape index (κ3) is 5.48. The van der Waals surface area contributed by atoms with E-state index in [1.54, 1.807) is 4.90 Å². The van der Waals surface area contributed by atoms with Crippen LogP contribution in [0.4, 0.5) is 5.82 Å². The first-order chi connectivity index (χ1) is 16.7. The van der Waals surface area contributed by atoms with Crippen LogP contribution < -0.4 is 4.90 Å². The van der Waals surface area contributed by atoms with Gasteiger partial charge in [-0.1, -0.05) is 104 Å². The molecule has 1 aliphatic rings. The van der Waals surface area contributed by atoms with Gasteiger partial charge in [-0.05, 0) is 26.7 Å². The third-order valence-corrected chi connectivity index (χ3v) is 7.55. The number of fused-ring (bicyclic) bond motifs is 1. The predicted molar refractivity (Wildman–Crippen MR) is 145 cm³/mol. The van der Waals surface area contributed by atoms with Gasteiger partial charge in [0.15, 0.2) is 5.82 Å². The van der Waals surface area contributed by atoms with E-state index in [9.17, 15) is 9.59 Å². The van der Waals surface area contributed by atoms with Crippen LogP contribution in [0, 0.1) is 13.8 Å². The van der Waals surface area contributed by atoms with Crippen molar-refractivity contribution in [2.75, 3.05) is 11.4 Å². The van der Waals surface area contributed by atoms with Crippen molar-refractivity contribution in [2.45, 2.75) is 49.2 Å². The third-order valence-electron chi connectivity index (χ3n) is 6.12. The number of carboxylic acids is 1. The van der Waals surface area contributed by atoms with Crippen LogP contribution in [-0.4, -0.2) is 33.5 Å². The lowest BCUT2D eigenvalue weighted by Gasteiger charge is -2.18. The molecule has 0 atom stereocenters. The summed E-state index contributed by atoms with van der Waals surface area (Å²) in [5, 5.41) is 8.82. The summed E-state index contributed by atoms with van der Waals surface area (Å²) in [4.78, 5) is 35.8. The Morgan fingerprint density at radius 1 is 0.857 bits per heavy atom. The highest BCUT2D eigenvalue weighted by molar-refractivity contribution is 9.25. The standard InChI is InChI=1S/C27H27Br2N3O3/c1-17-8-12-19(13-9-17)22-23(20-14-10-18(2)11-15-20)31-25-24(30-22)27(28,29)26(35)32(25)16-6-4-3-5-7-21(33)34/h8-15H,3-7,16H2,1-2H3,(H,33,34). The van der Waals surface area contributed by atoms with Crippen LogP contribution in [0.2, 0.25) is 0 Å². The molecule has 3 aromatic rings. The van der Waals surface area contributed by atoms with Crippen LogP contribution in [0.1, 0.15) is 48.9 Å². The molecular weight excluding hydrogens is 574 g/mol. The highest BCUT2D eigenvalue weighted by atomic mass is 79.9. The molecule has 0 bridgehead atoms. The first-order valence-corrected chi connectivity index (χ1v) is 13.2. The van der Waals surface area contributed by atoms with Gasteiger partial charge in [-0.25, -0.2) is 9.97 Å². The molecule has 0 saturated carbocycles. The van der Waals surface area contributed by atoms with Gasteiger partial charge in [-0.3, -0.25) is 14.5 Å². The van der Waals surface area contributed by atoms with Crippen molar-refractivity contribution < 1.29 is 14.7 Å². The highest BCUT2D eigenvalue weighted by Gasteiger charge is 2.50. The van der Waals surface area contributed by atoms with E-state index >= 15 is 0 Å². The lowest BCUT2D eigenvalue weighted by molar-refractivity contribution is -0.137. The molecule has 0 radical (unpaired) electrons. The van der Waals surface area contributed by atoms with Gasteiger partial charge in [-0.15, -0.1) is 0 Å². The fourth-order valence-corrected chi connectivity index (χ4v) is 5.08. The lowest BCUT2D eigenvalue weighted by Crippen LogP contribution is -2.34. The van der Waals surface area contributed by atoms with Crippen molar-refractivity contribution >= 4 is 49.6 Å². The number of rotatable bonds is 9. The number of carbonyl (C=O) groups excluding carboxylic acids is 1. The second-order valence-electron chi connectivity index (χ2n) is 8.91. The Morgan fingerprint density at radius 2 is 1.37 bits per heavy atom. The Hall–Kier alpha value is -2.58. The van der Waals surface area contributed by atoms with E-state index < -0.39 is 9.20 Å². The smallest absolute Gasteiger partial charge is 0.303 e. The van der Waals surface area contributed by atoms with Crippen LogP contribution in [-0.2, 0) is 12.8 Å². The largest absolute Gasteiger partial charge is 0.481 e. The molecule has 6 nitrogen and oxygen atoms in total. The van der Waals surface area contributed by atoms with Crippen molar-refractivity contribution in [1.82, 2.24) is 9.97 Å². The second kappa shape index (κ2) is 10.6. The molecule has 0 saturated heterocycles. The number of benzene rings is 2. The first-order valence-electron chi connectivity index (χ1n) is 11.7. The fraction of sp³-hybridized carbons (Fsp3) is 0.333. The molecule has 8 heteroatoms. The Balaban J connectivity index is 1.72. The quantitative estimate of drug-likeness (QED) is 0.217. The summed E-state index contributed by atoms with van der Waals surface area (Å²) >= 11 is 7.13. The van der Waals surface area contributed by atoms with E-state index in [1.807, 2.05) is 62.4 Å². The molecular formula is C27H27Br2N3O3. The number of aryl methyl sites for hydroxylation is 2. The maximum Gasteiger partial charge on any atom is 0.303 e. The highest BCUT2D eigenvalue weighted by Crippen LogP contribution is 2.50. The zero-order valence-corrected chi connectivity index (χ0v) is 22.9. The maximum absolute atomic E-state index is 13.4. The molecule has 1 aromatic heterocycles. The average Bonchev–Trinajstić information content (AvgIpc) is 3.01. The summed E-state index contributed by atoms with van der Waals surface area (Å²) in [6.07, 6.45) is 3.20. The number of unbranched alkanes of at least 4 members (excludes halogenated alkanes) is 3. The molecule has 1 N–H and O–H groups in total. The molecule has 35 heavy (non-hydrogen) atoms. The number of alkyl halides is 2. The van der Waals surface area contributed by atoms with E-state index in [2.05, 4.69) is 31.9 Å². The molecule has 0 unspecified atom stereocenters. The number of aromatic nitrogens is 2. The Labute approximate surface area is 222 Å². The molecule has 0 fully saturated rings. The van der Waals surface area contributed by atoms with Crippen molar-refractivity contribution in [2.24, 2.45) is 0 Å². The van der Waals surface area contributed by atoms with Crippen molar-refractivity contribution in [3.8, 4) is 22.5 Å². The van der Waals surface area contributed by atoms with E-state index in [1.165, 1.54) is 0 Å². The maximum atomic E-state index is 13.4. The minimum atomic E-state index is -1.14. The number of halogens is 2. The molecule has 1 aliphatic heterocycles. The molecule has 2 aromatic carbocycles. The van der Waals surface area contributed by atoms with Crippen LogP contribution in [0.15, 0.2) is 48.5 Å². The number of hydrogen-bond donors (Lipinski definition) is 1. The number of carbonyl (C=O) groups is 2. The first kappa shape index (κ1) is 25.5. The minimum Gasteiger partial charge on any atom is -0.481 e. The summed E-state index contributed by atoms with van der Waals surface area (Å²) < 4.78 is -1.14. The number of aliphatic carboxylic acids is 1. The van der Waals surface area contributed by atoms with Gasteiger partial charge in [0.25, 0.3) is 5.91 Å². The van der Waals surface area contributed by atoms with E-state index in [-0.39, 0.29) is 12.3 Å². The normalized spacial score (nSPS) is 14.3. The van der Waals surface area contributed by atoms with Crippen molar-refractivity contribution in [3.63, 3.8) is 0 Å². The van der Waals surface area contributed by atoms with Gasteiger partial charge < -0.3 is 5.11 Å². The topological polar surface area (TPSA) is 83.4 Å². The average molecular weight is 601 g/mol. The number of hydrogen-bond acceptors (Lipinski definition) is 4. The SMILES string of the molecule is Cc1ccc(-c2nc3c(nc2-c2ccc(C)cc2)C(Br)(Br)C(=O)N3CCCCCCC(=O)O)cc1. The van der Waals surface area contributed by atoms with Gasteiger partial charge in [0.2, 0.25) is 3.23 Å². The van der Waals surface area contributed by atoms with Crippen molar-refractivity contribution in [3.05, 3.63) is 65.4 Å². The molecule has 1 amide bonds. The van der Waals surface area contributed by atoms with Crippen LogP contribution >= 0.6 is 31.9 Å². The predicted octanol–water partition coefficient (Wildman–Crippen LogP) is 6.75. The van der Waals surface area contributed by atoms with Gasteiger partial charge in [-0.2, -0.15) is 0 Å². The number of nitrogens with zero attached hydrogens (tertiary/aromatic N) is 3. The van der Waals surface area contributed by atoms with Gasteiger partial charge >= 0.3 is 5.97 Å². The second-order valence-corrected chi connectivity index (χ2v) is 12.4. The van der Waals surface area contributed by atoms with Crippen LogP contribution in [0.3, 0.4) is 0 Å². The Morgan fingerprint density at radius 3 is 1.91 bits per heavy atom. The molecule has 0 aliphatic carbocycles. The lowest BCUT2D eigenvalue weighted by atomic mass is 10.0. The molecule has 4 rings (SSSR count). The van der Waals surface area contributed by atoms with Crippen LogP contribution in [0.5, 0.6) is 0 Å². The van der Waals surface area contributed by atoms with Crippen LogP contribution in [0.25, 0.3) is 22.5 Å². The molecule has 182 valence electrons. The summed E-state index contributed by atoms with van der Waals surface area (Å²) in [6, 6.07) is 16.3. The van der Waals surface area contributed by atoms with Crippen molar-refractivity contribution in [1.29, 1.82) is 0 Å². The number of amides is 1. The minimum absolute atomic E-state index is 0.158. The number of carboxylic acid groups (broad SMARTS) is 1. The van der Waals surface area contributed by atoms with E-state index in [0.29, 0.717) is 24.5 Å². The molecule has 0 spiro atoms. The van der Waals surface area contributed by atoms with E-state index in [0.717, 1.165) is 52.9 Å². The van der Waals surface area contributed by atoms with Gasteiger partial charge in [0.1, 0.15) is 5.69 Å². The summed E-state index contributed by atoms with van der Waals surface area (Å²) in [5.74, 6) is -0.394. The molecule has 2 heterocycles. The monoisotopic (exact) mass is 599 g/mol. The van der Waals surface area contributed by atoms with Gasteiger partial charge in [0.05, 0.1) is 11.4 Å². The van der Waals surface area contributed by atoms with Gasteiger partial charge in [0, 0.05) is 24.1 Å². The Kier molecular flexibility index (Phi) is 7.71. The van der Waals surface area contributed by atoms with E-state index in [4.69, 9.17) is 15.1 Å². The summed E-state index contributed by atoms with van der Waals surface area (Å²) in [6.45, 7) is 4.57. The Bertz CT molecular complexity index is 1240. The summed E-state index contributed by atoms with van der Waals surface area (Å²) in [5.41, 5.74) is 6.16. The zero-order valence-electron chi connectivity index (χ0n) is 19.7.